The Morgan fingerprint density at radius 2 is 2.13 bits per heavy atom. The van der Waals surface area contributed by atoms with Crippen molar-refractivity contribution in [1.29, 1.82) is 0 Å². The molecular formula is C12H20N2O. The summed E-state index contributed by atoms with van der Waals surface area (Å²) in [7, 11) is 0. The third-order valence-corrected chi connectivity index (χ3v) is 2.44. The number of hydrogen-bond acceptors (Lipinski definition) is 3. The van der Waals surface area contributed by atoms with Crippen LogP contribution in [0.15, 0.2) is 12.3 Å². The monoisotopic (exact) mass is 208 g/mol. The molecule has 3 N–H and O–H groups in total. The molecule has 0 aliphatic heterocycles. The molecule has 0 fully saturated rings. The van der Waals surface area contributed by atoms with Gasteiger partial charge in [0.2, 0.25) is 0 Å². The predicted molar refractivity (Wildman–Crippen MR) is 62.4 cm³/mol. The Morgan fingerprint density at radius 1 is 1.53 bits per heavy atom. The van der Waals surface area contributed by atoms with Crippen molar-refractivity contribution in [3.05, 3.63) is 23.4 Å². The molecule has 3 heteroatoms. The van der Waals surface area contributed by atoms with Crippen molar-refractivity contribution in [1.82, 2.24) is 4.98 Å². The summed E-state index contributed by atoms with van der Waals surface area (Å²) in [6, 6.07) is 1.91. The standard InChI is InChI=1S/C12H20N2O/c1-8(2)6-12(4,15)10-5-9(3)7-14-11(10)13/h5,7-8,15H,6H2,1-4H3,(H2,13,14). The van der Waals surface area contributed by atoms with Crippen molar-refractivity contribution >= 4 is 5.82 Å². The van der Waals surface area contributed by atoms with E-state index in [1.54, 1.807) is 13.1 Å². The van der Waals surface area contributed by atoms with Crippen LogP contribution < -0.4 is 5.73 Å². The fourth-order valence-corrected chi connectivity index (χ4v) is 1.92. The van der Waals surface area contributed by atoms with Crippen LogP contribution in [0.1, 0.15) is 38.3 Å². The Balaban J connectivity index is 3.08. The van der Waals surface area contributed by atoms with Gasteiger partial charge in [0, 0.05) is 11.8 Å². The Bertz CT molecular complexity index is 345. The molecule has 84 valence electrons. The summed E-state index contributed by atoms with van der Waals surface area (Å²) in [6.45, 7) is 7.89. The highest BCUT2D eigenvalue weighted by atomic mass is 16.3. The fraction of sp³-hybridized carbons (Fsp3) is 0.583. The molecule has 0 saturated carbocycles. The number of aryl methyl sites for hydroxylation is 1. The van der Waals surface area contributed by atoms with Crippen LogP contribution in [0, 0.1) is 12.8 Å². The largest absolute Gasteiger partial charge is 0.385 e. The lowest BCUT2D eigenvalue weighted by Gasteiger charge is -2.26. The van der Waals surface area contributed by atoms with E-state index in [1.807, 2.05) is 13.0 Å². The number of pyridine rings is 1. The summed E-state index contributed by atoms with van der Waals surface area (Å²) < 4.78 is 0. The minimum atomic E-state index is -0.892. The van der Waals surface area contributed by atoms with Crippen molar-refractivity contribution < 1.29 is 5.11 Å². The zero-order chi connectivity index (χ0) is 11.6. The van der Waals surface area contributed by atoms with E-state index in [4.69, 9.17) is 5.73 Å². The van der Waals surface area contributed by atoms with Gasteiger partial charge in [-0.3, -0.25) is 0 Å². The zero-order valence-electron chi connectivity index (χ0n) is 9.91. The zero-order valence-corrected chi connectivity index (χ0v) is 9.91. The van der Waals surface area contributed by atoms with E-state index in [1.165, 1.54) is 0 Å². The van der Waals surface area contributed by atoms with E-state index in [9.17, 15) is 5.11 Å². The number of anilines is 1. The molecule has 1 aromatic heterocycles. The van der Waals surface area contributed by atoms with Crippen LogP contribution in [0.3, 0.4) is 0 Å². The maximum atomic E-state index is 10.3. The van der Waals surface area contributed by atoms with Crippen molar-refractivity contribution in [2.24, 2.45) is 5.92 Å². The molecule has 0 aliphatic rings. The van der Waals surface area contributed by atoms with Gasteiger partial charge in [-0.1, -0.05) is 13.8 Å². The third kappa shape index (κ3) is 2.93. The second-order valence-electron chi connectivity index (χ2n) is 4.82. The van der Waals surface area contributed by atoms with Crippen molar-refractivity contribution in [2.45, 2.75) is 39.7 Å². The predicted octanol–water partition coefficient (Wildman–Crippen LogP) is 2.23. The summed E-state index contributed by atoms with van der Waals surface area (Å²) in [5.41, 5.74) is 6.64. The number of nitrogens with two attached hydrogens (primary N) is 1. The van der Waals surface area contributed by atoms with Crippen LogP contribution in [-0.4, -0.2) is 10.1 Å². The Morgan fingerprint density at radius 3 is 2.67 bits per heavy atom. The van der Waals surface area contributed by atoms with Crippen LogP contribution >= 0.6 is 0 Å². The smallest absolute Gasteiger partial charge is 0.129 e. The highest BCUT2D eigenvalue weighted by Gasteiger charge is 2.27. The number of aromatic nitrogens is 1. The summed E-state index contributed by atoms with van der Waals surface area (Å²) >= 11 is 0. The number of hydrogen-bond donors (Lipinski definition) is 2. The molecule has 0 aromatic carbocycles. The van der Waals surface area contributed by atoms with Gasteiger partial charge >= 0.3 is 0 Å². The lowest BCUT2D eigenvalue weighted by atomic mass is 9.87. The number of nitrogen functional groups attached to an aromatic ring is 1. The molecule has 0 radical (unpaired) electrons. The van der Waals surface area contributed by atoms with Crippen LogP contribution in [0.2, 0.25) is 0 Å². The maximum absolute atomic E-state index is 10.3. The SMILES string of the molecule is Cc1cnc(N)c(C(C)(O)CC(C)C)c1. The molecule has 1 atom stereocenters. The first-order valence-electron chi connectivity index (χ1n) is 5.28. The quantitative estimate of drug-likeness (QED) is 0.800. The molecule has 1 heterocycles. The first-order chi connectivity index (χ1) is 6.83. The Labute approximate surface area is 91.3 Å². The minimum Gasteiger partial charge on any atom is -0.385 e. The van der Waals surface area contributed by atoms with Gasteiger partial charge in [0.05, 0.1) is 5.60 Å². The molecule has 1 aromatic rings. The number of rotatable bonds is 3. The first kappa shape index (κ1) is 12.0. The fourth-order valence-electron chi connectivity index (χ4n) is 1.92. The lowest BCUT2D eigenvalue weighted by molar-refractivity contribution is 0.0353. The molecular weight excluding hydrogens is 188 g/mol. The molecule has 0 bridgehead atoms. The van der Waals surface area contributed by atoms with Gasteiger partial charge in [0.15, 0.2) is 0 Å². The number of aliphatic hydroxyl groups is 1. The third-order valence-electron chi connectivity index (χ3n) is 2.44. The molecule has 1 unspecified atom stereocenters. The van der Waals surface area contributed by atoms with Crippen LogP contribution in [0.25, 0.3) is 0 Å². The van der Waals surface area contributed by atoms with E-state index in [0.717, 1.165) is 11.1 Å². The summed E-state index contributed by atoms with van der Waals surface area (Å²) in [6.07, 6.45) is 2.40. The van der Waals surface area contributed by atoms with Crippen molar-refractivity contribution in [3.8, 4) is 0 Å². The van der Waals surface area contributed by atoms with E-state index in [0.29, 0.717) is 18.2 Å². The van der Waals surface area contributed by atoms with Gasteiger partial charge in [0.1, 0.15) is 5.82 Å². The average molecular weight is 208 g/mol. The number of nitrogens with zero attached hydrogens (tertiary/aromatic N) is 1. The highest BCUT2D eigenvalue weighted by Crippen LogP contribution is 2.31. The first-order valence-corrected chi connectivity index (χ1v) is 5.28. The van der Waals surface area contributed by atoms with E-state index in [-0.39, 0.29) is 0 Å². The van der Waals surface area contributed by atoms with Gasteiger partial charge in [-0.2, -0.15) is 0 Å². The van der Waals surface area contributed by atoms with Gasteiger partial charge < -0.3 is 10.8 Å². The topological polar surface area (TPSA) is 59.1 Å². The summed E-state index contributed by atoms with van der Waals surface area (Å²) in [4.78, 5) is 4.07. The second-order valence-corrected chi connectivity index (χ2v) is 4.82. The van der Waals surface area contributed by atoms with Gasteiger partial charge in [-0.05, 0) is 37.8 Å². The molecule has 0 spiro atoms. The lowest BCUT2D eigenvalue weighted by Crippen LogP contribution is -2.25. The maximum Gasteiger partial charge on any atom is 0.129 e. The average Bonchev–Trinajstić information content (AvgIpc) is 2.06. The Hall–Kier alpha value is -1.09. The van der Waals surface area contributed by atoms with Gasteiger partial charge in [-0.15, -0.1) is 0 Å². The van der Waals surface area contributed by atoms with Crippen molar-refractivity contribution in [3.63, 3.8) is 0 Å². The van der Waals surface area contributed by atoms with Crippen LogP contribution in [-0.2, 0) is 5.60 Å². The van der Waals surface area contributed by atoms with E-state index >= 15 is 0 Å². The van der Waals surface area contributed by atoms with E-state index in [2.05, 4.69) is 18.8 Å². The minimum absolute atomic E-state index is 0.417. The molecule has 15 heavy (non-hydrogen) atoms. The second kappa shape index (κ2) is 4.19. The highest BCUT2D eigenvalue weighted by molar-refractivity contribution is 5.44. The summed E-state index contributed by atoms with van der Waals surface area (Å²) in [5.74, 6) is 0.839. The molecule has 0 saturated heterocycles. The molecule has 1 rings (SSSR count). The van der Waals surface area contributed by atoms with Gasteiger partial charge in [-0.25, -0.2) is 4.98 Å². The normalized spacial score (nSPS) is 15.3. The molecule has 0 aliphatic carbocycles. The van der Waals surface area contributed by atoms with Crippen LogP contribution in [0.5, 0.6) is 0 Å². The molecule has 3 nitrogen and oxygen atoms in total. The van der Waals surface area contributed by atoms with E-state index < -0.39 is 5.60 Å². The van der Waals surface area contributed by atoms with Gasteiger partial charge in [0.25, 0.3) is 0 Å². The summed E-state index contributed by atoms with van der Waals surface area (Å²) in [5, 5.41) is 10.3. The Kier molecular flexibility index (Phi) is 3.35. The van der Waals surface area contributed by atoms with Crippen molar-refractivity contribution in [2.75, 3.05) is 5.73 Å². The molecule has 0 amide bonds. The van der Waals surface area contributed by atoms with Crippen LogP contribution in [0.4, 0.5) is 5.82 Å².